The molecule has 0 atom stereocenters. The van der Waals surface area contributed by atoms with Gasteiger partial charge < -0.3 is 9.47 Å². The lowest BCUT2D eigenvalue weighted by Gasteiger charge is -2.12. The highest BCUT2D eigenvalue weighted by molar-refractivity contribution is 5.97. The van der Waals surface area contributed by atoms with Gasteiger partial charge in [-0.3, -0.25) is 20.4 Å². The smallest absolute Gasteiger partial charge is 0.276 e. The van der Waals surface area contributed by atoms with E-state index in [0.717, 1.165) is 19.3 Å². The largest absolute Gasteiger partial charge is 0.493 e. The summed E-state index contributed by atoms with van der Waals surface area (Å²) in [5, 5.41) is 0. The van der Waals surface area contributed by atoms with Crippen LogP contribution in [-0.2, 0) is 11.2 Å². The fourth-order valence-electron chi connectivity index (χ4n) is 2.31. The van der Waals surface area contributed by atoms with Crippen LogP contribution in [0.2, 0.25) is 0 Å². The van der Waals surface area contributed by atoms with Gasteiger partial charge in [-0.2, -0.15) is 0 Å². The summed E-state index contributed by atoms with van der Waals surface area (Å²) < 4.78 is 11.0. The van der Waals surface area contributed by atoms with Crippen LogP contribution in [0.25, 0.3) is 0 Å². The van der Waals surface area contributed by atoms with Gasteiger partial charge in [0.25, 0.3) is 11.8 Å². The third-order valence-corrected chi connectivity index (χ3v) is 3.90. The molecular formula is C21H26N2O4. The lowest BCUT2D eigenvalue weighted by atomic mass is 10.2. The van der Waals surface area contributed by atoms with Gasteiger partial charge in [0.1, 0.15) is 11.5 Å². The van der Waals surface area contributed by atoms with Gasteiger partial charge in [-0.15, -0.1) is 0 Å². The molecule has 0 spiro atoms. The van der Waals surface area contributed by atoms with Gasteiger partial charge in [0.2, 0.25) is 0 Å². The summed E-state index contributed by atoms with van der Waals surface area (Å²) >= 11 is 0. The van der Waals surface area contributed by atoms with Crippen LogP contribution in [0.1, 0.15) is 42.6 Å². The summed E-state index contributed by atoms with van der Waals surface area (Å²) in [5.41, 5.74) is 6.29. The lowest BCUT2D eigenvalue weighted by molar-refractivity contribution is -0.123. The lowest BCUT2D eigenvalue weighted by Crippen LogP contribution is -2.43. The summed E-state index contributed by atoms with van der Waals surface area (Å²) in [6.45, 7) is 4.48. The van der Waals surface area contributed by atoms with E-state index >= 15 is 0 Å². The number of unbranched alkanes of at least 4 members (excludes halogenated alkanes) is 1. The molecule has 2 rings (SSSR count). The van der Waals surface area contributed by atoms with E-state index in [-0.39, 0.29) is 6.61 Å². The molecule has 0 aromatic heterocycles. The molecule has 6 heteroatoms. The number of hydrogen-bond acceptors (Lipinski definition) is 4. The molecule has 27 heavy (non-hydrogen) atoms. The Kier molecular flexibility index (Phi) is 8.16. The third-order valence-electron chi connectivity index (χ3n) is 3.90. The first-order chi connectivity index (χ1) is 13.1. The zero-order chi connectivity index (χ0) is 19.5. The molecule has 0 unspecified atom stereocenters. The molecule has 2 N–H and O–H groups in total. The van der Waals surface area contributed by atoms with E-state index in [0.29, 0.717) is 23.7 Å². The van der Waals surface area contributed by atoms with Crippen LogP contribution in [0, 0.1) is 0 Å². The highest BCUT2D eigenvalue weighted by Crippen LogP contribution is 2.18. The average Bonchev–Trinajstić information content (AvgIpc) is 2.71. The number of ether oxygens (including phenoxy) is 2. The van der Waals surface area contributed by atoms with E-state index in [2.05, 4.69) is 24.7 Å². The summed E-state index contributed by atoms with van der Waals surface area (Å²) in [6.07, 6.45) is 2.85. The summed E-state index contributed by atoms with van der Waals surface area (Å²) in [4.78, 5) is 24.2. The fourth-order valence-corrected chi connectivity index (χ4v) is 2.31. The van der Waals surface area contributed by atoms with Crippen LogP contribution in [-0.4, -0.2) is 25.0 Å². The molecule has 0 fully saturated rings. The quantitative estimate of drug-likeness (QED) is 0.525. The number of amides is 2. The molecule has 0 radical (unpaired) electrons. The molecule has 0 saturated heterocycles. The van der Waals surface area contributed by atoms with E-state index < -0.39 is 11.8 Å². The predicted molar refractivity (Wildman–Crippen MR) is 104 cm³/mol. The van der Waals surface area contributed by atoms with Crippen LogP contribution in [0.5, 0.6) is 11.5 Å². The Hall–Kier alpha value is -3.02. The first-order valence-corrected chi connectivity index (χ1v) is 9.16. The van der Waals surface area contributed by atoms with Crippen LogP contribution < -0.4 is 20.3 Å². The van der Waals surface area contributed by atoms with Crippen molar-refractivity contribution in [2.75, 3.05) is 13.2 Å². The Morgan fingerprint density at radius 1 is 0.926 bits per heavy atom. The monoisotopic (exact) mass is 370 g/mol. The second kappa shape index (κ2) is 10.9. The molecule has 0 aliphatic heterocycles. The summed E-state index contributed by atoms with van der Waals surface area (Å²) in [6, 6.07) is 14.4. The molecule has 2 aromatic carbocycles. The van der Waals surface area contributed by atoms with Crippen molar-refractivity contribution in [1.29, 1.82) is 0 Å². The maximum Gasteiger partial charge on any atom is 0.276 e. The van der Waals surface area contributed by atoms with Crippen LogP contribution >= 0.6 is 0 Å². The van der Waals surface area contributed by atoms with Crippen LogP contribution in [0.4, 0.5) is 0 Å². The number of hydrogen-bond donors (Lipinski definition) is 2. The minimum atomic E-state index is -0.452. The van der Waals surface area contributed by atoms with Crippen molar-refractivity contribution in [2.45, 2.75) is 33.1 Å². The maximum absolute atomic E-state index is 12.3. The molecule has 0 aliphatic carbocycles. The van der Waals surface area contributed by atoms with Crippen molar-refractivity contribution in [3.63, 3.8) is 0 Å². The van der Waals surface area contributed by atoms with Crippen LogP contribution in [0.3, 0.4) is 0 Å². The maximum atomic E-state index is 12.3. The standard InChI is InChI=1S/C21H26N2O4/c1-3-5-14-26-19-9-7-6-8-18(19)21(25)23-22-20(24)15-27-17-12-10-16(4-2)11-13-17/h6-13H,3-5,14-15H2,1-2H3,(H,22,24)(H,23,25). The number of nitrogens with one attached hydrogen (secondary N) is 2. The van der Waals surface area contributed by atoms with Gasteiger partial charge in [-0.25, -0.2) is 0 Å². The second-order valence-electron chi connectivity index (χ2n) is 5.99. The van der Waals surface area contributed by atoms with Crippen molar-refractivity contribution in [2.24, 2.45) is 0 Å². The molecular weight excluding hydrogens is 344 g/mol. The van der Waals surface area contributed by atoms with Crippen molar-refractivity contribution >= 4 is 11.8 Å². The highest BCUT2D eigenvalue weighted by atomic mass is 16.5. The van der Waals surface area contributed by atoms with Gasteiger partial charge in [-0.05, 0) is 42.7 Å². The van der Waals surface area contributed by atoms with Crippen LogP contribution in [0.15, 0.2) is 48.5 Å². The van der Waals surface area contributed by atoms with Crippen molar-refractivity contribution in [3.05, 3.63) is 59.7 Å². The van der Waals surface area contributed by atoms with E-state index in [1.807, 2.05) is 24.3 Å². The zero-order valence-corrected chi connectivity index (χ0v) is 15.8. The SMILES string of the molecule is CCCCOc1ccccc1C(=O)NNC(=O)COc1ccc(CC)cc1. The number of hydrazine groups is 1. The van der Waals surface area contributed by atoms with Gasteiger partial charge >= 0.3 is 0 Å². The average molecular weight is 370 g/mol. The number of rotatable bonds is 9. The highest BCUT2D eigenvalue weighted by Gasteiger charge is 2.13. The van der Waals surface area contributed by atoms with E-state index in [9.17, 15) is 9.59 Å². The molecule has 6 nitrogen and oxygen atoms in total. The van der Waals surface area contributed by atoms with Gasteiger partial charge in [0.15, 0.2) is 6.61 Å². The molecule has 0 aliphatic rings. The van der Waals surface area contributed by atoms with Gasteiger partial charge in [-0.1, -0.05) is 44.5 Å². The Balaban J connectivity index is 1.81. The van der Waals surface area contributed by atoms with E-state index in [1.165, 1.54) is 5.56 Å². The Morgan fingerprint density at radius 3 is 2.37 bits per heavy atom. The first kappa shape index (κ1) is 20.3. The van der Waals surface area contributed by atoms with Crippen molar-refractivity contribution < 1.29 is 19.1 Å². The third kappa shape index (κ3) is 6.66. The minimum absolute atomic E-state index is 0.194. The summed E-state index contributed by atoms with van der Waals surface area (Å²) in [7, 11) is 0. The molecule has 0 saturated carbocycles. The molecule has 144 valence electrons. The zero-order valence-electron chi connectivity index (χ0n) is 15.8. The van der Waals surface area contributed by atoms with E-state index in [1.54, 1.807) is 24.3 Å². The number of carbonyl (C=O) groups is 2. The molecule has 2 amide bonds. The molecule has 0 heterocycles. The van der Waals surface area contributed by atoms with Gasteiger partial charge in [0.05, 0.1) is 12.2 Å². The second-order valence-corrected chi connectivity index (χ2v) is 5.99. The Morgan fingerprint density at radius 2 is 1.67 bits per heavy atom. The normalized spacial score (nSPS) is 10.1. The topological polar surface area (TPSA) is 76.7 Å². The fraction of sp³-hybridized carbons (Fsp3) is 0.333. The number of carbonyl (C=O) groups excluding carboxylic acids is 2. The molecule has 0 bridgehead atoms. The van der Waals surface area contributed by atoms with Crippen molar-refractivity contribution in [3.8, 4) is 11.5 Å². The van der Waals surface area contributed by atoms with E-state index in [4.69, 9.17) is 9.47 Å². The number of aryl methyl sites for hydroxylation is 1. The molecule has 2 aromatic rings. The van der Waals surface area contributed by atoms with Crippen molar-refractivity contribution in [1.82, 2.24) is 10.9 Å². The number of benzene rings is 2. The number of para-hydroxylation sites is 1. The van der Waals surface area contributed by atoms with Gasteiger partial charge in [0, 0.05) is 0 Å². The Labute approximate surface area is 159 Å². The Bertz CT molecular complexity index is 744. The first-order valence-electron chi connectivity index (χ1n) is 9.16. The minimum Gasteiger partial charge on any atom is -0.493 e. The summed E-state index contributed by atoms with van der Waals surface area (Å²) in [5.74, 6) is 0.198. The predicted octanol–water partition coefficient (Wildman–Crippen LogP) is 3.27.